The van der Waals surface area contributed by atoms with Gasteiger partial charge in [-0.1, -0.05) is 0 Å². The average molecular weight is 325 g/mol. The van der Waals surface area contributed by atoms with Crippen LogP contribution in [0, 0.1) is 11.6 Å². The van der Waals surface area contributed by atoms with Crippen molar-refractivity contribution in [3.05, 3.63) is 35.4 Å². The van der Waals surface area contributed by atoms with Crippen LogP contribution in [-0.4, -0.2) is 48.3 Å². The van der Waals surface area contributed by atoms with Gasteiger partial charge in [-0.25, -0.2) is 8.78 Å². The van der Waals surface area contributed by atoms with Crippen molar-refractivity contribution < 1.29 is 23.2 Å². The zero-order valence-electron chi connectivity index (χ0n) is 12.6. The highest BCUT2D eigenvalue weighted by molar-refractivity contribution is 5.94. The number of likely N-dealkylation sites (tertiary alicyclic amines) is 1. The van der Waals surface area contributed by atoms with Gasteiger partial charge in [0.1, 0.15) is 17.7 Å². The maximum Gasteiger partial charge on any atom is 0.251 e. The zero-order valence-corrected chi connectivity index (χ0v) is 12.6. The lowest BCUT2D eigenvalue weighted by molar-refractivity contribution is -0.132. The van der Waals surface area contributed by atoms with Crippen molar-refractivity contribution in [3.63, 3.8) is 0 Å². The van der Waals surface area contributed by atoms with Gasteiger partial charge >= 0.3 is 0 Å². The first-order chi connectivity index (χ1) is 10.9. The second-order valence-corrected chi connectivity index (χ2v) is 5.28. The smallest absolute Gasteiger partial charge is 0.251 e. The van der Waals surface area contributed by atoms with E-state index in [1.165, 1.54) is 11.8 Å². The highest BCUT2D eigenvalue weighted by Gasteiger charge is 2.31. The van der Waals surface area contributed by atoms with Crippen LogP contribution in [0.25, 0.3) is 0 Å². The van der Waals surface area contributed by atoms with E-state index >= 15 is 0 Å². The molecule has 8 heteroatoms. The molecular weight excluding hydrogens is 308 g/mol. The van der Waals surface area contributed by atoms with Crippen LogP contribution in [0.2, 0.25) is 0 Å². The molecule has 6 nitrogen and oxygen atoms in total. The first-order valence-electron chi connectivity index (χ1n) is 7.17. The minimum atomic E-state index is -0.831. The van der Waals surface area contributed by atoms with Crippen molar-refractivity contribution in [1.82, 2.24) is 15.5 Å². The fourth-order valence-electron chi connectivity index (χ4n) is 2.43. The minimum Gasteiger partial charge on any atom is -0.350 e. The van der Waals surface area contributed by atoms with E-state index in [2.05, 4.69) is 10.6 Å². The number of hydrogen-bond donors (Lipinski definition) is 2. The Morgan fingerprint density at radius 3 is 2.52 bits per heavy atom. The Kier molecular flexibility index (Phi) is 5.25. The Bertz CT molecular complexity index is 616. The molecule has 1 heterocycles. The molecule has 0 aliphatic carbocycles. The Balaban J connectivity index is 1.82. The van der Waals surface area contributed by atoms with Gasteiger partial charge in [0.2, 0.25) is 11.8 Å². The van der Waals surface area contributed by atoms with Crippen LogP contribution in [-0.2, 0) is 9.59 Å². The molecule has 0 aromatic heterocycles. The van der Waals surface area contributed by atoms with Crippen LogP contribution in [0.15, 0.2) is 18.2 Å². The van der Waals surface area contributed by atoms with Crippen molar-refractivity contribution in [3.8, 4) is 0 Å². The first-order valence-corrected chi connectivity index (χ1v) is 7.17. The number of nitrogens with zero attached hydrogens (tertiary/aromatic N) is 1. The monoisotopic (exact) mass is 325 g/mol. The maximum absolute atomic E-state index is 13.0. The minimum absolute atomic E-state index is 0.119. The number of rotatable bonds is 5. The lowest BCUT2D eigenvalue weighted by Crippen LogP contribution is -2.42. The molecule has 1 aromatic carbocycles. The highest BCUT2D eigenvalue weighted by atomic mass is 19.1. The number of carbonyl (C=O) groups is 3. The van der Waals surface area contributed by atoms with Crippen molar-refractivity contribution >= 4 is 17.7 Å². The average Bonchev–Trinajstić information content (AvgIpc) is 2.78. The van der Waals surface area contributed by atoms with Crippen LogP contribution >= 0.6 is 0 Å². The second kappa shape index (κ2) is 7.17. The molecule has 23 heavy (non-hydrogen) atoms. The summed E-state index contributed by atoms with van der Waals surface area (Å²) in [5.74, 6) is -2.75. The fraction of sp³-hybridized carbons (Fsp3) is 0.400. The van der Waals surface area contributed by atoms with Crippen molar-refractivity contribution in [2.45, 2.75) is 19.4 Å². The van der Waals surface area contributed by atoms with Gasteiger partial charge in [-0.15, -0.1) is 0 Å². The molecule has 1 atom stereocenters. The maximum atomic E-state index is 13.0. The molecule has 2 N–H and O–H groups in total. The number of carbonyl (C=O) groups excluding carboxylic acids is 3. The summed E-state index contributed by atoms with van der Waals surface area (Å²) in [5, 5.41) is 5.06. The number of benzene rings is 1. The highest BCUT2D eigenvalue weighted by Crippen LogP contribution is 2.11. The van der Waals surface area contributed by atoms with Gasteiger partial charge in [-0.2, -0.15) is 0 Å². The van der Waals surface area contributed by atoms with E-state index in [1.54, 1.807) is 0 Å². The van der Waals surface area contributed by atoms with E-state index in [1.807, 2.05) is 0 Å². The van der Waals surface area contributed by atoms with Crippen LogP contribution in [0.3, 0.4) is 0 Å². The van der Waals surface area contributed by atoms with Gasteiger partial charge in [0, 0.05) is 38.2 Å². The van der Waals surface area contributed by atoms with Gasteiger partial charge in [0.05, 0.1) is 0 Å². The fourth-order valence-corrected chi connectivity index (χ4v) is 2.43. The summed E-state index contributed by atoms with van der Waals surface area (Å²) in [4.78, 5) is 36.3. The van der Waals surface area contributed by atoms with Crippen molar-refractivity contribution in [1.29, 1.82) is 0 Å². The molecule has 1 saturated heterocycles. The molecule has 0 spiro atoms. The Hall–Kier alpha value is -2.51. The molecule has 1 aliphatic heterocycles. The predicted molar refractivity (Wildman–Crippen MR) is 77.5 cm³/mol. The largest absolute Gasteiger partial charge is 0.350 e. The predicted octanol–water partition coefficient (Wildman–Crippen LogP) is 0.432. The Morgan fingerprint density at radius 1 is 1.26 bits per heavy atom. The molecule has 3 amide bonds. The van der Waals surface area contributed by atoms with Crippen molar-refractivity contribution in [2.24, 2.45) is 0 Å². The van der Waals surface area contributed by atoms with Crippen LogP contribution in [0.1, 0.15) is 23.7 Å². The number of amides is 3. The van der Waals surface area contributed by atoms with Gasteiger partial charge in [0.25, 0.3) is 5.91 Å². The summed E-state index contributed by atoms with van der Waals surface area (Å²) < 4.78 is 26.1. The van der Waals surface area contributed by atoms with Gasteiger partial charge < -0.3 is 15.5 Å². The third-order valence-corrected chi connectivity index (χ3v) is 3.47. The number of nitrogens with one attached hydrogen (secondary N) is 2. The van der Waals surface area contributed by atoms with Gasteiger partial charge in [-0.05, 0) is 18.6 Å². The standard InChI is InChI=1S/C15H17F2N3O3/c1-9(21)19-13-2-4-20(15(13)23)5-3-18-14(22)10-6-11(16)8-12(17)7-10/h6-8,13H,2-5H2,1H3,(H,18,22)(H,19,21). The molecule has 124 valence electrons. The third-order valence-electron chi connectivity index (χ3n) is 3.47. The van der Waals surface area contributed by atoms with Crippen LogP contribution in [0.5, 0.6) is 0 Å². The zero-order chi connectivity index (χ0) is 17.0. The molecule has 0 radical (unpaired) electrons. The summed E-state index contributed by atoms with van der Waals surface area (Å²) >= 11 is 0. The summed E-state index contributed by atoms with van der Waals surface area (Å²) in [6, 6.07) is 2.03. The molecule has 1 fully saturated rings. The Morgan fingerprint density at radius 2 is 1.91 bits per heavy atom. The molecule has 1 aliphatic rings. The molecule has 1 unspecified atom stereocenters. The molecule has 1 aromatic rings. The van der Waals surface area contributed by atoms with E-state index < -0.39 is 23.6 Å². The van der Waals surface area contributed by atoms with Crippen molar-refractivity contribution in [2.75, 3.05) is 19.6 Å². The lowest BCUT2D eigenvalue weighted by Gasteiger charge is -2.17. The summed E-state index contributed by atoms with van der Waals surface area (Å²) in [5.41, 5.74) is -0.119. The number of hydrogen-bond acceptors (Lipinski definition) is 3. The lowest BCUT2D eigenvalue weighted by atomic mass is 10.2. The summed E-state index contributed by atoms with van der Waals surface area (Å²) in [6.45, 7) is 2.23. The molecular formula is C15H17F2N3O3. The van der Waals surface area contributed by atoms with Gasteiger partial charge in [-0.3, -0.25) is 14.4 Å². The van der Waals surface area contributed by atoms with E-state index in [0.29, 0.717) is 19.0 Å². The molecule has 2 rings (SSSR count). The number of halogens is 2. The van der Waals surface area contributed by atoms with E-state index in [0.717, 1.165) is 12.1 Å². The summed E-state index contributed by atoms with van der Waals surface area (Å²) in [6.07, 6.45) is 0.515. The van der Waals surface area contributed by atoms with E-state index in [4.69, 9.17) is 0 Å². The van der Waals surface area contributed by atoms with Crippen LogP contribution < -0.4 is 10.6 Å². The van der Waals surface area contributed by atoms with E-state index in [-0.39, 0.29) is 30.5 Å². The molecule has 0 bridgehead atoms. The van der Waals surface area contributed by atoms with Crippen LogP contribution in [0.4, 0.5) is 8.78 Å². The normalized spacial score (nSPS) is 17.3. The third kappa shape index (κ3) is 4.48. The van der Waals surface area contributed by atoms with E-state index in [9.17, 15) is 23.2 Å². The van der Waals surface area contributed by atoms with Gasteiger partial charge in [0.15, 0.2) is 0 Å². The SMILES string of the molecule is CC(=O)NC1CCN(CCNC(=O)c2cc(F)cc(F)c2)C1=O. The summed E-state index contributed by atoms with van der Waals surface area (Å²) in [7, 11) is 0. The Labute approximate surface area is 131 Å². The topological polar surface area (TPSA) is 78.5 Å². The molecule has 0 saturated carbocycles. The first kappa shape index (κ1) is 16.9. The second-order valence-electron chi connectivity index (χ2n) is 5.28. The quantitative estimate of drug-likeness (QED) is 0.824.